The number of aryl methyl sites for hydroxylation is 7. The molecule has 346 valence electrons. The number of fused-ring (bicyclic) bond motifs is 3. The standard InChI is InChI=1S/C64H64N4O/c1-41(2)56-34-59(47-16-11-9-12-17-47)66-39-51(56)26-23-45-31-44(32-46(33-45)24-27-52-40-67-60(35-57(52)42(3)4)48-18-13-10-14-19-48)22-25-50-38-68-61(30-43(50)5)55-21-15-20-53-54-29-28-49(37-65)58(36-64(6,7)8)63(54)69-62(53)55/h9-21,28-35,38-42H,22-27,36H2,1-8H3/i5D3,22D2,23D2,24D2,25D2,26D2,27D2,28D,36D2,41D,42D. The van der Waals surface area contributed by atoms with Crippen LogP contribution >= 0.6 is 0 Å². The zero-order valence-electron chi connectivity index (χ0n) is 59.5. The SMILES string of the molecule is [2H]c1cc2c(oc3c(-c4cc(C([2H])([2H])[2H])c(C([2H])([2H])C([2H])([2H])c5cc(C([2H])([2H])C([2H])([2H])c6cnc(-c7ccccc7)cc6C([2H])(C)C)cc(C([2H])([2H])C([2H])([2H])c6cnc(-c7ccccc7)cc6C([2H])(C)C)c5)cn4)cccc32)c(C([2H])([2H])C(C)(C)C)c1C#N. The molecule has 5 nitrogen and oxygen atoms in total. The highest BCUT2D eigenvalue weighted by atomic mass is 16.3. The van der Waals surface area contributed by atoms with Crippen LogP contribution in [0.3, 0.4) is 0 Å². The predicted molar refractivity (Wildman–Crippen MR) is 286 cm³/mol. The Balaban J connectivity index is 1.26. The summed E-state index contributed by atoms with van der Waals surface area (Å²) in [6.07, 6.45) is -19.6. The van der Waals surface area contributed by atoms with E-state index in [1.165, 1.54) is 52.0 Å². The minimum absolute atomic E-state index is 0.000198. The summed E-state index contributed by atoms with van der Waals surface area (Å²) in [5, 5.41) is 10.8. The van der Waals surface area contributed by atoms with Crippen molar-refractivity contribution in [3.63, 3.8) is 0 Å². The summed E-state index contributed by atoms with van der Waals surface area (Å²) in [5.41, 5.74) is -4.65. The maximum atomic E-state index is 10.2. The number of pyridine rings is 3. The lowest BCUT2D eigenvalue weighted by Gasteiger charge is -2.19. The van der Waals surface area contributed by atoms with Gasteiger partial charge in [0.2, 0.25) is 0 Å². The second kappa shape index (κ2) is 20.2. The van der Waals surface area contributed by atoms with Gasteiger partial charge in [-0.05, 0) is 155 Å². The number of para-hydroxylation sites is 1. The third kappa shape index (κ3) is 10.6. The quantitative estimate of drug-likeness (QED) is 0.102. The first-order valence-electron chi connectivity index (χ1n) is 32.6. The third-order valence-corrected chi connectivity index (χ3v) is 11.4. The number of hydrogen-bond donors (Lipinski definition) is 0. The van der Waals surface area contributed by atoms with Gasteiger partial charge in [-0.25, -0.2) is 0 Å². The van der Waals surface area contributed by atoms with Crippen LogP contribution in [0.2, 0.25) is 0 Å². The Morgan fingerprint density at radius 3 is 1.62 bits per heavy atom. The summed E-state index contributed by atoms with van der Waals surface area (Å²) in [4.78, 5) is 13.5. The van der Waals surface area contributed by atoms with Crippen LogP contribution < -0.4 is 0 Å². The number of nitrogens with zero attached hydrogens (tertiary/aromatic N) is 4. The first-order valence-corrected chi connectivity index (χ1v) is 22.6. The first kappa shape index (κ1) is 28.4. The molecule has 0 spiro atoms. The molecule has 4 heterocycles. The Kier molecular flexibility index (Phi) is 8.30. The van der Waals surface area contributed by atoms with Gasteiger partial charge in [-0.1, -0.05) is 139 Å². The first-order chi connectivity index (χ1) is 40.8. The zero-order chi connectivity index (χ0) is 66.0. The number of nitriles is 1. The van der Waals surface area contributed by atoms with Gasteiger partial charge in [0.05, 0.1) is 30.1 Å². The molecule has 0 fully saturated rings. The van der Waals surface area contributed by atoms with Gasteiger partial charge in [0, 0.05) is 77.7 Å². The molecule has 0 unspecified atom stereocenters. The van der Waals surface area contributed by atoms with Crippen LogP contribution in [-0.2, 0) is 44.6 Å². The molecule has 69 heavy (non-hydrogen) atoms. The fraction of sp³-hybridized carbons (Fsp3) is 0.281. The third-order valence-electron chi connectivity index (χ3n) is 11.4. The summed E-state index contributed by atoms with van der Waals surface area (Å²) in [7, 11) is 0. The van der Waals surface area contributed by atoms with E-state index in [9.17, 15) is 27.2 Å². The highest BCUT2D eigenvalue weighted by Gasteiger charge is 2.22. The van der Waals surface area contributed by atoms with Gasteiger partial charge >= 0.3 is 0 Å². The molecule has 0 aliphatic heterocycles. The number of benzene rings is 5. The van der Waals surface area contributed by atoms with E-state index in [2.05, 4.69) is 15.0 Å². The van der Waals surface area contributed by atoms with Gasteiger partial charge < -0.3 is 4.42 Å². The number of hydrogen-bond acceptors (Lipinski definition) is 5. The van der Waals surface area contributed by atoms with E-state index in [0.29, 0.717) is 27.9 Å². The van der Waals surface area contributed by atoms with Gasteiger partial charge in [0.15, 0.2) is 0 Å². The lowest BCUT2D eigenvalue weighted by atomic mass is 9.85. The largest absolute Gasteiger partial charge is 0.455 e. The Bertz CT molecular complexity index is 4120. The Morgan fingerprint density at radius 1 is 0.609 bits per heavy atom. The van der Waals surface area contributed by atoms with Crippen molar-refractivity contribution in [1.82, 2.24) is 15.0 Å². The maximum absolute atomic E-state index is 10.2. The van der Waals surface area contributed by atoms with Crippen LogP contribution in [0.1, 0.15) is 149 Å². The molecule has 5 aromatic carbocycles. The lowest BCUT2D eigenvalue weighted by molar-refractivity contribution is 0.410. The van der Waals surface area contributed by atoms with Crippen LogP contribution in [0.4, 0.5) is 0 Å². The van der Waals surface area contributed by atoms with Crippen molar-refractivity contribution >= 4 is 21.9 Å². The Labute approximate surface area is 437 Å². The molecule has 9 rings (SSSR count). The molecule has 0 saturated heterocycles. The normalized spacial score (nSPS) is 18.1. The van der Waals surface area contributed by atoms with E-state index in [0.717, 1.165) is 42.9 Å². The summed E-state index contributed by atoms with van der Waals surface area (Å²) in [6.45, 7) is 7.49. The van der Waals surface area contributed by atoms with Gasteiger partial charge in [-0.2, -0.15) is 5.26 Å². The molecule has 5 heteroatoms. The van der Waals surface area contributed by atoms with Gasteiger partial charge in [-0.3, -0.25) is 15.0 Å². The number of furan rings is 1. The van der Waals surface area contributed by atoms with Crippen molar-refractivity contribution in [1.29, 1.82) is 5.26 Å². The minimum Gasteiger partial charge on any atom is -0.455 e. The molecule has 0 bridgehead atoms. The van der Waals surface area contributed by atoms with Crippen molar-refractivity contribution in [2.45, 2.75) is 112 Å². The molecule has 0 atom stereocenters. The van der Waals surface area contributed by atoms with Crippen LogP contribution in [0, 0.1) is 23.6 Å². The second-order valence-electron chi connectivity index (χ2n) is 18.2. The number of rotatable bonds is 15. The van der Waals surface area contributed by atoms with Crippen LogP contribution in [0.25, 0.3) is 55.7 Å². The fourth-order valence-electron chi connectivity index (χ4n) is 8.02. The van der Waals surface area contributed by atoms with Crippen molar-refractivity contribution in [3.05, 3.63) is 207 Å². The van der Waals surface area contributed by atoms with E-state index in [1.54, 1.807) is 93.6 Å². The van der Waals surface area contributed by atoms with Crippen LogP contribution in [0.5, 0.6) is 0 Å². The van der Waals surface area contributed by atoms with Crippen molar-refractivity contribution in [2.75, 3.05) is 0 Å². The van der Waals surface area contributed by atoms with Crippen molar-refractivity contribution in [2.24, 2.45) is 5.41 Å². The zero-order valence-corrected chi connectivity index (χ0v) is 39.5. The summed E-state index contributed by atoms with van der Waals surface area (Å²) >= 11 is 0. The smallest absolute Gasteiger partial charge is 0.144 e. The fourth-order valence-corrected chi connectivity index (χ4v) is 8.02. The molecular weight excluding hydrogens is 841 g/mol. The molecule has 0 aliphatic carbocycles. The van der Waals surface area contributed by atoms with E-state index in [1.807, 2.05) is 6.07 Å². The second-order valence-corrected chi connectivity index (χ2v) is 18.2. The van der Waals surface area contributed by atoms with E-state index < -0.39 is 108 Å². The van der Waals surface area contributed by atoms with Gasteiger partial charge in [0.1, 0.15) is 11.2 Å². The Morgan fingerprint density at radius 2 is 1.12 bits per heavy atom. The van der Waals surface area contributed by atoms with Crippen molar-refractivity contribution in [3.8, 4) is 39.8 Å². The topological polar surface area (TPSA) is 75.6 Å². The molecule has 0 radical (unpaired) electrons. The summed E-state index contributed by atoms with van der Waals surface area (Å²) < 4.78 is 196. The highest BCUT2D eigenvalue weighted by molar-refractivity contribution is 6.10. The molecular formula is C64H64N4O. The van der Waals surface area contributed by atoms with Crippen LogP contribution in [-0.4, -0.2) is 15.0 Å². The van der Waals surface area contributed by atoms with E-state index >= 15 is 0 Å². The molecule has 0 N–H and O–H groups in total. The molecule has 9 aromatic rings. The van der Waals surface area contributed by atoms with E-state index in [4.69, 9.17) is 9.90 Å². The average Bonchev–Trinajstić information content (AvgIpc) is 1.53. The van der Waals surface area contributed by atoms with Gasteiger partial charge in [-0.15, -0.1) is 0 Å². The van der Waals surface area contributed by atoms with E-state index in [-0.39, 0.29) is 56.1 Å². The molecule has 0 amide bonds. The van der Waals surface area contributed by atoms with Crippen LogP contribution in [0.15, 0.2) is 150 Å². The minimum atomic E-state index is -3.57. The summed E-state index contributed by atoms with van der Waals surface area (Å²) in [5.74, 6) is -3.23. The van der Waals surface area contributed by atoms with Crippen molar-refractivity contribution < 1.29 is 31.8 Å². The predicted octanol–water partition coefficient (Wildman–Crippen LogP) is 16.1. The number of aromatic nitrogens is 3. The molecule has 0 saturated carbocycles. The molecule has 4 aromatic heterocycles. The average molecular weight is 925 g/mol. The maximum Gasteiger partial charge on any atom is 0.144 e. The Hall–Kier alpha value is -7.16. The highest BCUT2D eigenvalue weighted by Crippen LogP contribution is 2.40. The molecule has 0 aliphatic rings. The summed E-state index contributed by atoms with van der Waals surface area (Å²) in [6, 6.07) is 31.6. The lowest BCUT2D eigenvalue weighted by Crippen LogP contribution is -2.10. The van der Waals surface area contributed by atoms with Gasteiger partial charge in [0.25, 0.3) is 0 Å². The monoisotopic (exact) mass is 925 g/mol.